The van der Waals surface area contributed by atoms with E-state index in [2.05, 4.69) is 28.8 Å². The Labute approximate surface area is 248 Å². The van der Waals surface area contributed by atoms with Crippen LogP contribution in [-0.2, 0) is 6.42 Å². The largest absolute Gasteiger partial charge is 0.496 e. The van der Waals surface area contributed by atoms with E-state index < -0.39 is 5.82 Å². The smallest absolute Gasteiger partial charge is 0.314 e. The molecule has 0 aliphatic carbocycles. The van der Waals surface area contributed by atoms with Crippen LogP contribution in [0.3, 0.4) is 0 Å². The van der Waals surface area contributed by atoms with Crippen molar-refractivity contribution in [2.75, 3.05) is 48.4 Å². The minimum atomic E-state index is -0.496. The molecule has 10 heteroatoms. The molecule has 1 saturated heterocycles. The van der Waals surface area contributed by atoms with Crippen LogP contribution >= 0.6 is 0 Å². The van der Waals surface area contributed by atoms with Gasteiger partial charge in [0.1, 0.15) is 17.4 Å². The van der Waals surface area contributed by atoms with Crippen LogP contribution in [0.5, 0.6) is 5.75 Å². The molecule has 1 aliphatic heterocycles. The summed E-state index contributed by atoms with van der Waals surface area (Å²) in [6, 6.07) is 11.7. The van der Waals surface area contributed by atoms with Gasteiger partial charge in [0.05, 0.1) is 7.11 Å². The first-order valence-corrected chi connectivity index (χ1v) is 13.8. The second-order valence-corrected chi connectivity index (χ2v) is 9.83. The van der Waals surface area contributed by atoms with E-state index in [1.54, 1.807) is 38.4 Å². The molecule has 0 saturated carbocycles. The van der Waals surface area contributed by atoms with Crippen LogP contribution in [0.15, 0.2) is 60.2 Å². The molecule has 3 amide bonds. The van der Waals surface area contributed by atoms with Gasteiger partial charge in [0.2, 0.25) is 0 Å². The highest BCUT2D eigenvalue weighted by Gasteiger charge is 2.15. The van der Waals surface area contributed by atoms with Crippen LogP contribution in [0.1, 0.15) is 41.3 Å². The van der Waals surface area contributed by atoms with Crippen LogP contribution in [0.4, 0.5) is 15.0 Å². The molecule has 0 atom stereocenters. The van der Waals surface area contributed by atoms with Crippen LogP contribution in [0.25, 0.3) is 16.7 Å². The van der Waals surface area contributed by atoms with E-state index in [4.69, 9.17) is 10.5 Å². The number of para-hydroxylation sites is 1. The van der Waals surface area contributed by atoms with Crippen LogP contribution in [0, 0.1) is 5.82 Å². The maximum absolute atomic E-state index is 14.1. The quantitative estimate of drug-likeness (QED) is 0.321. The molecule has 3 aromatic rings. The van der Waals surface area contributed by atoms with Gasteiger partial charge in [-0.3, -0.25) is 4.79 Å². The lowest BCUT2D eigenvalue weighted by molar-refractivity contribution is 0.0827. The van der Waals surface area contributed by atoms with Crippen molar-refractivity contribution in [2.24, 2.45) is 10.7 Å². The van der Waals surface area contributed by atoms with Gasteiger partial charge in [0, 0.05) is 61.9 Å². The number of carbonyl (C=O) groups is 2. The number of nitrogens with zero attached hydrogens (tertiary/aromatic N) is 3. The molecule has 1 fully saturated rings. The lowest BCUT2D eigenvalue weighted by Crippen LogP contribution is -2.32. The van der Waals surface area contributed by atoms with Crippen molar-refractivity contribution in [3.63, 3.8) is 0 Å². The second-order valence-electron chi connectivity index (χ2n) is 9.83. The third-order valence-corrected chi connectivity index (χ3v) is 6.40. The first-order chi connectivity index (χ1) is 20.1. The predicted octanol–water partition coefficient (Wildman–Crippen LogP) is 5.51. The third-order valence-electron chi connectivity index (χ3n) is 6.40. The Hall–Kier alpha value is -4.44. The highest BCUT2D eigenvalue weighted by atomic mass is 19.1. The Morgan fingerprint density at radius 3 is 2.31 bits per heavy atom. The molecule has 4 N–H and O–H groups in total. The van der Waals surface area contributed by atoms with E-state index in [0.717, 1.165) is 54.8 Å². The van der Waals surface area contributed by atoms with Gasteiger partial charge in [-0.1, -0.05) is 31.7 Å². The van der Waals surface area contributed by atoms with Crippen molar-refractivity contribution in [3.8, 4) is 16.9 Å². The lowest BCUT2D eigenvalue weighted by Gasteiger charge is -2.11. The standard InChI is InChI=1S/C25H26FN3O2.C5H10N2O.C2H7N/c1-6-20-22(21-9-7-8-10-23(21)31-5)15-28-24(20)27-14-16(2)17-11-18(13-19(26)12-17)25(30)29(3)4;6-5(8)7-3-1-2-4-7;1-3-2/h7-15,28H,2,6H2,1,3-5H3;1-4H2,(H2,6,8);3H,1-2H3/b27-14-;;. The van der Waals surface area contributed by atoms with Gasteiger partial charge in [0.25, 0.3) is 5.91 Å². The fourth-order valence-corrected chi connectivity index (χ4v) is 4.33. The van der Waals surface area contributed by atoms with Crippen molar-refractivity contribution in [2.45, 2.75) is 26.2 Å². The van der Waals surface area contributed by atoms with Crippen molar-refractivity contribution in [1.29, 1.82) is 0 Å². The Balaban J connectivity index is 0.000000471. The van der Waals surface area contributed by atoms with Crippen LogP contribution < -0.4 is 15.8 Å². The van der Waals surface area contributed by atoms with Gasteiger partial charge in [-0.2, -0.15) is 0 Å². The summed E-state index contributed by atoms with van der Waals surface area (Å²) in [5.74, 6) is 0.717. The van der Waals surface area contributed by atoms with Crippen LogP contribution in [0.2, 0.25) is 0 Å². The predicted molar refractivity (Wildman–Crippen MR) is 169 cm³/mol. The summed E-state index contributed by atoms with van der Waals surface area (Å²) in [6.45, 7) is 7.77. The molecule has 0 spiro atoms. The molecule has 0 bridgehead atoms. The molecular weight excluding hydrogens is 535 g/mol. The number of carbonyl (C=O) groups excluding carboxylic acids is 2. The van der Waals surface area contributed by atoms with Gasteiger partial charge < -0.3 is 30.6 Å². The van der Waals surface area contributed by atoms with E-state index in [-0.39, 0.29) is 17.5 Å². The first-order valence-electron chi connectivity index (χ1n) is 13.8. The molecule has 9 nitrogen and oxygen atoms in total. The SMILES string of the molecule is C=C(/C=N\c1[nH]cc(-c2ccccc2OC)c1CC)c1cc(F)cc(C(=O)N(C)C)c1.CNC.NC(=O)N1CCCC1. The number of likely N-dealkylation sites (tertiary alicyclic amines) is 1. The summed E-state index contributed by atoms with van der Waals surface area (Å²) in [4.78, 5) is 33.4. The third kappa shape index (κ3) is 9.31. The average molecular weight is 579 g/mol. The van der Waals surface area contributed by atoms with Crippen molar-refractivity contribution < 1.29 is 18.7 Å². The number of halogens is 1. The minimum absolute atomic E-state index is 0.266. The maximum Gasteiger partial charge on any atom is 0.314 e. The van der Waals surface area contributed by atoms with Crippen LogP contribution in [-0.4, -0.2) is 81.3 Å². The zero-order chi connectivity index (χ0) is 31.2. The van der Waals surface area contributed by atoms with Gasteiger partial charge in [-0.25, -0.2) is 14.2 Å². The number of urea groups is 1. The van der Waals surface area contributed by atoms with Crippen molar-refractivity contribution in [3.05, 3.63) is 77.7 Å². The normalized spacial score (nSPS) is 12.2. The maximum atomic E-state index is 14.1. The second kappa shape index (κ2) is 16.7. The number of hydrogen-bond acceptors (Lipinski definition) is 5. The van der Waals surface area contributed by atoms with E-state index in [0.29, 0.717) is 17.0 Å². The number of rotatable bonds is 7. The fourth-order valence-electron chi connectivity index (χ4n) is 4.33. The number of primary amides is 1. The summed E-state index contributed by atoms with van der Waals surface area (Å²) in [6.07, 6.45) is 6.47. The number of nitrogens with two attached hydrogens (primary N) is 1. The number of ether oxygens (including phenoxy) is 1. The van der Waals surface area contributed by atoms with E-state index >= 15 is 0 Å². The molecule has 1 aliphatic rings. The summed E-state index contributed by atoms with van der Waals surface area (Å²) in [5, 5.41) is 2.75. The molecule has 2 heterocycles. The van der Waals surface area contributed by atoms with Gasteiger partial charge in [0.15, 0.2) is 0 Å². The molecule has 42 heavy (non-hydrogen) atoms. The van der Waals surface area contributed by atoms with Crippen molar-refractivity contribution >= 4 is 29.5 Å². The van der Waals surface area contributed by atoms with Gasteiger partial charge >= 0.3 is 6.03 Å². The molecule has 0 unspecified atom stereocenters. The number of methoxy groups -OCH3 is 1. The molecule has 0 radical (unpaired) electrons. The Morgan fingerprint density at radius 1 is 1.14 bits per heavy atom. The topological polar surface area (TPSA) is 116 Å². The number of aromatic amines is 1. The zero-order valence-corrected chi connectivity index (χ0v) is 25.5. The van der Waals surface area contributed by atoms with E-state index in [9.17, 15) is 14.0 Å². The van der Waals surface area contributed by atoms with Gasteiger partial charge in [-0.15, -0.1) is 0 Å². The minimum Gasteiger partial charge on any atom is -0.496 e. The summed E-state index contributed by atoms with van der Waals surface area (Å²) < 4.78 is 19.6. The fraction of sp³-hybridized carbons (Fsp3) is 0.344. The van der Waals surface area contributed by atoms with Gasteiger partial charge in [-0.05, 0) is 68.8 Å². The van der Waals surface area contributed by atoms with Crippen molar-refractivity contribution in [1.82, 2.24) is 20.1 Å². The number of aromatic nitrogens is 1. The molecular formula is C32H43FN6O3. The Morgan fingerprint density at radius 2 is 1.76 bits per heavy atom. The zero-order valence-electron chi connectivity index (χ0n) is 25.5. The first kappa shape index (κ1) is 33.8. The molecule has 2 aromatic carbocycles. The number of H-pyrrole nitrogens is 1. The number of allylic oxidation sites excluding steroid dienone is 1. The summed E-state index contributed by atoms with van der Waals surface area (Å²) in [7, 11) is 8.65. The average Bonchev–Trinajstić information content (AvgIpc) is 3.66. The van der Waals surface area contributed by atoms with E-state index in [1.165, 1.54) is 17.0 Å². The number of nitrogens with one attached hydrogen (secondary N) is 2. The number of aliphatic imine (C=N–C) groups is 1. The number of amides is 3. The number of benzene rings is 2. The lowest BCUT2D eigenvalue weighted by atomic mass is 10.0. The highest BCUT2D eigenvalue weighted by molar-refractivity contribution is 6.10. The molecule has 1 aromatic heterocycles. The summed E-state index contributed by atoms with van der Waals surface area (Å²) >= 11 is 0. The molecule has 4 rings (SSSR count). The number of hydrogen-bond donors (Lipinski definition) is 3. The Kier molecular flexibility index (Phi) is 13.5. The monoisotopic (exact) mass is 578 g/mol. The highest BCUT2D eigenvalue weighted by Crippen LogP contribution is 2.36. The Bertz CT molecular complexity index is 1380. The summed E-state index contributed by atoms with van der Waals surface area (Å²) in [5.41, 5.74) is 9.29. The van der Waals surface area contributed by atoms with E-state index in [1.807, 2.05) is 44.6 Å². The molecule has 226 valence electrons.